The molecule has 1 N–H and O–H groups in total. The summed E-state index contributed by atoms with van der Waals surface area (Å²) in [6.07, 6.45) is 3.13. The van der Waals surface area contributed by atoms with Crippen molar-refractivity contribution in [3.8, 4) is 0 Å². The van der Waals surface area contributed by atoms with Gasteiger partial charge in [0.05, 0.1) is 4.87 Å². The van der Waals surface area contributed by atoms with Gasteiger partial charge in [0.15, 0.2) is 5.82 Å². The SMILES string of the molecule is Cn1ccc(NC(=O)[C@@H]2CS[C@@]3(C)CCC(=O)N23)n1. The van der Waals surface area contributed by atoms with Crippen molar-refractivity contribution in [2.45, 2.75) is 30.7 Å². The minimum absolute atomic E-state index is 0.0775. The van der Waals surface area contributed by atoms with Crippen LogP contribution in [0.15, 0.2) is 12.3 Å². The average Bonchev–Trinajstić information content (AvgIpc) is 2.97. The van der Waals surface area contributed by atoms with E-state index >= 15 is 0 Å². The molecule has 7 heteroatoms. The molecule has 0 aromatic carbocycles. The summed E-state index contributed by atoms with van der Waals surface area (Å²) in [5.41, 5.74) is 0. The zero-order valence-corrected chi connectivity index (χ0v) is 11.7. The van der Waals surface area contributed by atoms with Crippen LogP contribution in [0.5, 0.6) is 0 Å². The summed E-state index contributed by atoms with van der Waals surface area (Å²) < 4.78 is 1.63. The summed E-state index contributed by atoms with van der Waals surface area (Å²) >= 11 is 1.69. The molecule has 0 radical (unpaired) electrons. The highest BCUT2D eigenvalue weighted by Gasteiger charge is 2.52. The molecule has 2 fully saturated rings. The molecule has 1 aromatic rings. The molecule has 0 unspecified atom stereocenters. The summed E-state index contributed by atoms with van der Waals surface area (Å²) in [7, 11) is 1.79. The van der Waals surface area contributed by atoms with E-state index in [2.05, 4.69) is 10.4 Å². The summed E-state index contributed by atoms with van der Waals surface area (Å²) in [6, 6.07) is 1.36. The Hall–Kier alpha value is -1.50. The predicted octanol–water partition coefficient (Wildman–Crippen LogP) is 0.813. The maximum atomic E-state index is 12.3. The second-order valence-electron chi connectivity index (χ2n) is 5.13. The molecule has 6 nitrogen and oxygen atoms in total. The van der Waals surface area contributed by atoms with E-state index in [0.717, 1.165) is 6.42 Å². The molecule has 2 aliphatic rings. The Labute approximate surface area is 115 Å². The van der Waals surface area contributed by atoms with E-state index in [1.54, 1.807) is 40.7 Å². The van der Waals surface area contributed by atoms with Crippen LogP contribution in [0.25, 0.3) is 0 Å². The van der Waals surface area contributed by atoms with E-state index in [4.69, 9.17) is 0 Å². The van der Waals surface area contributed by atoms with Crippen LogP contribution in [0.4, 0.5) is 5.82 Å². The van der Waals surface area contributed by atoms with Crippen LogP contribution >= 0.6 is 11.8 Å². The summed E-state index contributed by atoms with van der Waals surface area (Å²) in [4.78, 5) is 25.8. The Morgan fingerprint density at radius 1 is 1.63 bits per heavy atom. The summed E-state index contributed by atoms with van der Waals surface area (Å²) in [5, 5.41) is 6.90. The number of rotatable bonds is 2. The highest BCUT2D eigenvalue weighted by Crippen LogP contribution is 2.47. The van der Waals surface area contributed by atoms with Crippen molar-refractivity contribution in [1.29, 1.82) is 0 Å². The van der Waals surface area contributed by atoms with Crippen LogP contribution in [0.1, 0.15) is 19.8 Å². The van der Waals surface area contributed by atoms with E-state index in [1.807, 2.05) is 6.92 Å². The number of amides is 2. The van der Waals surface area contributed by atoms with Gasteiger partial charge in [-0.15, -0.1) is 11.8 Å². The zero-order chi connectivity index (χ0) is 13.6. The Morgan fingerprint density at radius 2 is 2.42 bits per heavy atom. The van der Waals surface area contributed by atoms with Gasteiger partial charge in [-0.1, -0.05) is 0 Å². The Kier molecular flexibility index (Phi) is 2.81. The fraction of sp³-hybridized carbons (Fsp3) is 0.583. The molecule has 102 valence electrons. The van der Waals surface area contributed by atoms with E-state index in [9.17, 15) is 9.59 Å². The van der Waals surface area contributed by atoms with Gasteiger partial charge in [0, 0.05) is 31.5 Å². The fourth-order valence-electron chi connectivity index (χ4n) is 2.71. The lowest BCUT2D eigenvalue weighted by molar-refractivity contribution is -0.135. The van der Waals surface area contributed by atoms with Crippen molar-refractivity contribution >= 4 is 29.4 Å². The van der Waals surface area contributed by atoms with Crippen LogP contribution < -0.4 is 5.32 Å². The number of hydrogen-bond donors (Lipinski definition) is 1. The lowest BCUT2D eigenvalue weighted by Gasteiger charge is -2.29. The molecule has 2 amide bonds. The Morgan fingerprint density at radius 3 is 3.11 bits per heavy atom. The maximum Gasteiger partial charge on any atom is 0.249 e. The first kappa shape index (κ1) is 12.5. The third-order valence-electron chi connectivity index (χ3n) is 3.71. The predicted molar refractivity (Wildman–Crippen MR) is 72.6 cm³/mol. The van der Waals surface area contributed by atoms with Crippen LogP contribution in [0.3, 0.4) is 0 Å². The molecule has 3 rings (SSSR count). The van der Waals surface area contributed by atoms with Gasteiger partial charge < -0.3 is 10.2 Å². The topological polar surface area (TPSA) is 67.2 Å². The number of fused-ring (bicyclic) bond motifs is 1. The molecule has 0 aliphatic carbocycles. The number of carbonyl (C=O) groups is 2. The Balaban J connectivity index is 1.76. The standard InChI is InChI=1S/C12H16N4O2S/c1-12-5-3-10(17)16(12)8(7-19-12)11(18)13-9-4-6-15(2)14-9/h4,6,8H,3,5,7H2,1-2H3,(H,13,14,18)/t8-,12-/m0/s1. The first-order valence-electron chi connectivity index (χ1n) is 6.26. The van der Waals surface area contributed by atoms with Gasteiger partial charge in [0.2, 0.25) is 11.8 Å². The van der Waals surface area contributed by atoms with Crippen molar-refractivity contribution in [3.05, 3.63) is 12.3 Å². The number of anilines is 1. The van der Waals surface area contributed by atoms with Crippen molar-refractivity contribution in [1.82, 2.24) is 14.7 Å². The number of thioether (sulfide) groups is 1. The van der Waals surface area contributed by atoms with Crippen molar-refractivity contribution in [3.63, 3.8) is 0 Å². The van der Waals surface area contributed by atoms with Crippen molar-refractivity contribution in [2.24, 2.45) is 7.05 Å². The molecule has 2 aliphatic heterocycles. The number of aromatic nitrogens is 2. The molecule has 1 aromatic heterocycles. The highest BCUT2D eigenvalue weighted by molar-refractivity contribution is 8.01. The fourth-order valence-corrected chi connectivity index (χ4v) is 4.14. The molecule has 2 atom stereocenters. The first-order valence-corrected chi connectivity index (χ1v) is 7.25. The van der Waals surface area contributed by atoms with Gasteiger partial charge in [-0.3, -0.25) is 14.3 Å². The van der Waals surface area contributed by atoms with Crippen LogP contribution in [0, 0.1) is 0 Å². The molecule has 19 heavy (non-hydrogen) atoms. The van der Waals surface area contributed by atoms with Crippen molar-refractivity contribution in [2.75, 3.05) is 11.1 Å². The number of aryl methyl sites for hydroxylation is 1. The number of hydrogen-bond acceptors (Lipinski definition) is 4. The maximum absolute atomic E-state index is 12.3. The quantitative estimate of drug-likeness (QED) is 0.870. The molecule has 0 bridgehead atoms. The second-order valence-corrected chi connectivity index (χ2v) is 6.63. The second kappa shape index (κ2) is 4.26. The van der Waals surface area contributed by atoms with E-state index in [1.165, 1.54) is 0 Å². The third-order valence-corrected chi connectivity index (χ3v) is 5.22. The normalized spacial score (nSPS) is 29.7. The number of nitrogens with zero attached hydrogens (tertiary/aromatic N) is 3. The van der Waals surface area contributed by atoms with Crippen LogP contribution in [-0.2, 0) is 16.6 Å². The van der Waals surface area contributed by atoms with Gasteiger partial charge in [0.25, 0.3) is 0 Å². The highest BCUT2D eigenvalue weighted by atomic mass is 32.2. The minimum Gasteiger partial charge on any atom is -0.315 e. The molecular formula is C12H16N4O2S. The van der Waals surface area contributed by atoms with E-state index in [0.29, 0.717) is 18.0 Å². The van der Waals surface area contributed by atoms with Crippen LogP contribution in [-0.4, -0.2) is 43.2 Å². The van der Waals surface area contributed by atoms with Crippen LogP contribution in [0.2, 0.25) is 0 Å². The molecular weight excluding hydrogens is 264 g/mol. The van der Waals surface area contributed by atoms with Gasteiger partial charge >= 0.3 is 0 Å². The molecule has 3 heterocycles. The summed E-state index contributed by atoms with van der Waals surface area (Å²) in [6.45, 7) is 2.04. The third kappa shape index (κ3) is 2.01. The summed E-state index contributed by atoms with van der Waals surface area (Å²) in [5.74, 6) is 1.11. The lowest BCUT2D eigenvalue weighted by atomic mass is 10.2. The Bertz CT molecular complexity index is 544. The largest absolute Gasteiger partial charge is 0.315 e. The van der Waals surface area contributed by atoms with Crippen molar-refractivity contribution < 1.29 is 9.59 Å². The van der Waals surface area contributed by atoms with Gasteiger partial charge in [0.1, 0.15) is 6.04 Å². The molecule has 0 saturated carbocycles. The van der Waals surface area contributed by atoms with E-state index < -0.39 is 0 Å². The molecule has 2 saturated heterocycles. The molecule has 0 spiro atoms. The minimum atomic E-state index is -0.382. The first-order chi connectivity index (χ1) is 8.99. The lowest BCUT2D eigenvalue weighted by Crippen LogP contribution is -2.48. The average molecular weight is 280 g/mol. The zero-order valence-electron chi connectivity index (χ0n) is 10.9. The van der Waals surface area contributed by atoms with Gasteiger partial charge in [-0.05, 0) is 13.3 Å². The smallest absolute Gasteiger partial charge is 0.249 e. The van der Waals surface area contributed by atoms with Gasteiger partial charge in [-0.2, -0.15) is 5.10 Å². The van der Waals surface area contributed by atoms with E-state index in [-0.39, 0.29) is 22.7 Å². The number of carbonyl (C=O) groups excluding carboxylic acids is 2. The monoisotopic (exact) mass is 280 g/mol. The van der Waals surface area contributed by atoms with Gasteiger partial charge in [-0.25, -0.2) is 0 Å². The number of nitrogens with one attached hydrogen (secondary N) is 1.